The van der Waals surface area contributed by atoms with Crippen LogP contribution >= 0.6 is 0 Å². The van der Waals surface area contributed by atoms with Crippen molar-refractivity contribution in [3.63, 3.8) is 0 Å². The number of benzene rings is 1. The lowest BCUT2D eigenvalue weighted by Crippen LogP contribution is -2.20. The van der Waals surface area contributed by atoms with E-state index in [9.17, 15) is 18.0 Å². The first-order valence-electron chi connectivity index (χ1n) is 8.51. The standard InChI is InChI=1S/C18H18F3N5O2/c1-4-10(2)16(27)25-14-8-23-15(9-22-14)26-13-6-5-11(28-3)7-12(13)24-17(26)18(19,20)21/h5-10H,4H2,1-3H3,(H,22,25,27). The summed E-state index contributed by atoms with van der Waals surface area (Å²) in [5, 5.41) is 2.59. The maximum absolute atomic E-state index is 13.5. The highest BCUT2D eigenvalue weighted by Crippen LogP contribution is 2.34. The summed E-state index contributed by atoms with van der Waals surface area (Å²) in [6.45, 7) is 3.63. The number of fused-ring (bicyclic) bond motifs is 1. The van der Waals surface area contributed by atoms with Gasteiger partial charge in [-0.25, -0.2) is 15.0 Å². The smallest absolute Gasteiger partial charge is 0.450 e. The first kappa shape index (κ1) is 19.6. The summed E-state index contributed by atoms with van der Waals surface area (Å²) in [5.41, 5.74) is 0.321. The average Bonchev–Trinajstić information content (AvgIpc) is 3.07. The van der Waals surface area contributed by atoms with E-state index in [0.29, 0.717) is 12.2 Å². The number of aromatic nitrogens is 4. The summed E-state index contributed by atoms with van der Waals surface area (Å²) in [6, 6.07) is 4.42. The first-order valence-corrected chi connectivity index (χ1v) is 8.51. The Morgan fingerprint density at radius 3 is 2.61 bits per heavy atom. The molecule has 0 saturated carbocycles. The Hall–Kier alpha value is -3.17. The van der Waals surface area contributed by atoms with E-state index in [0.717, 1.165) is 10.8 Å². The van der Waals surface area contributed by atoms with Gasteiger partial charge in [-0.2, -0.15) is 13.2 Å². The maximum Gasteiger partial charge on any atom is 0.450 e. The van der Waals surface area contributed by atoms with Gasteiger partial charge in [0.05, 0.1) is 30.5 Å². The summed E-state index contributed by atoms with van der Waals surface area (Å²) >= 11 is 0. The van der Waals surface area contributed by atoms with Crippen LogP contribution in [0.4, 0.5) is 19.0 Å². The first-order chi connectivity index (χ1) is 13.2. The molecule has 0 aliphatic heterocycles. The van der Waals surface area contributed by atoms with Crippen LogP contribution in [0.1, 0.15) is 26.1 Å². The van der Waals surface area contributed by atoms with Crippen LogP contribution in [0.3, 0.4) is 0 Å². The highest BCUT2D eigenvalue weighted by Gasteiger charge is 2.38. The molecule has 3 aromatic rings. The van der Waals surface area contributed by atoms with Crippen LogP contribution in [0.15, 0.2) is 30.6 Å². The van der Waals surface area contributed by atoms with Crippen molar-refractivity contribution in [2.24, 2.45) is 5.92 Å². The molecule has 0 aliphatic carbocycles. The number of hydrogen-bond acceptors (Lipinski definition) is 5. The summed E-state index contributed by atoms with van der Waals surface area (Å²) < 4.78 is 46.5. The fourth-order valence-corrected chi connectivity index (χ4v) is 2.55. The molecule has 2 heterocycles. The number of rotatable bonds is 5. The van der Waals surface area contributed by atoms with Crippen LogP contribution in [-0.2, 0) is 11.0 Å². The second kappa shape index (κ2) is 7.45. The molecule has 1 atom stereocenters. The molecule has 1 N–H and O–H groups in total. The van der Waals surface area contributed by atoms with Gasteiger partial charge in [-0.05, 0) is 18.6 Å². The molecule has 7 nitrogen and oxygen atoms in total. The summed E-state index contributed by atoms with van der Waals surface area (Å²) in [6.07, 6.45) is -1.67. The molecule has 0 spiro atoms. The Morgan fingerprint density at radius 1 is 1.29 bits per heavy atom. The Kier molecular flexibility index (Phi) is 5.21. The zero-order valence-corrected chi connectivity index (χ0v) is 15.4. The summed E-state index contributed by atoms with van der Waals surface area (Å²) in [7, 11) is 1.42. The van der Waals surface area contributed by atoms with E-state index in [4.69, 9.17) is 4.74 Å². The molecule has 1 aromatic carbocycles. The molecular formula is C18H18F3N5O2. The predicted octanol–water partition coefficient (Wildman–Crippen LogP) is 3.83. The summed E-state index contributed by atoms with van der Waals surface area (Å²) in [4.78, 5) is 23.7. The lowest BCUT2D eigenvalue weighted by Gasteiger charge is -2.12. The Balaban J connectivity index is 2.04. The number of ether oxygens (including phenoxy) is 1. The monoisotopic (exact) mass is 393 g/mol. The fraction of sp³-hybridized carbons (Fsp3) is 0.333. The molecule has 0 fully saturated rings. The zero-order chi connectivity index (χ0) is 20.5. The van der Waals surface area contributed by atoms with Crippen LogP contribution in [-0.4, -0.2) is 32.5 Å². The highest BCUT2D eigenvalue weighted by atomic mass is 19.4. The summed E-state index contributed by atoms with van der Waals surface area (Å²) in [5.74, 6) is -1.09. The van der Waals surface area contributed by atoms with Crippen LogP contribution in [0.5, 0.6) is 5.75 Å². The van der Waals surface area contributed by atoms with E-state index in [-0.39, 0.29) is 34.5 Å². The third kappa shape index (κ3) is 3.75. The number of anilines is 1. The highest BCUT2D eigenvalue weighted by molar-refractivity contribution is 5.91. The Bertz CT molecular complexity index is 999. The normalized spacial score (nSPS) is 12.8. The van der Waals surface area contributed by atoms with Crippen molar-refractivity contribution in [2.75, 3.05) is 12.4 Å². The molecule has 1 amide bonds. The minimum atomic E-state index is -4.70. The number of carbonyl (C=O) groups excluding carboxylic acids is 1. The lowest BCUT2D eigenvalue weighted by atomic mass is 10.1. The SMILES string of the molecule is CCC(C)C(=O)Nc1cnc(-n2c(C(F)(F)F)nc3cc(OC)ccc32)cn1. The van der Waals surface area contributed by atoms with Crippen molar-refractivity contribution in [3.05, 3.63) is 36.4 Å². The van der Waals surface area contributed by atoms with Crippen LogP contribution < -0.4 is 10.1 Å². The quantitative estimate of drug-likeness (QED) is 0.713. The largest absolute Gasteiger partial charge is 0.497 e. The van der Waals surface area contributed by atoms with Gasteiger partial charge in [-0.15, -0.1) is 0 Å². The van der Waals surface area contributed by atoms with Gasteiger partial charge in [-0.1, -0.05) is 13.8 Å². The maximum atomic E-state index is 13.5. The van der Waals surface area contributed by atoms with Crippen molar-refractivity contribution in [1.29, 1.82) is 0 Å². The predicted molar refractivity (Wildman–Crippen MR) is 96.3 cm³/mol. The molecule has 10 heteroatoms. The molecule has 148 valence electrons. The van der Waals surface area contributed by atoms with Crippen molar-refractivity contribution in [2.45, 2.75) is 26.4 Å². The van der Waals surface area contributed by atoms with Gasteiger partial charge in [0.15, 0.2) is 11.6 Å². The minimum Gasteiger partial charge on any atom is -0.497 e. The minimum absolute atomic E-state index is 0.0680. The van der Waals surface area contributed by atoms with Crippen molar-refractivity contribution in [1.82, 2.24) is 19.5 Å². The number of nitrogens with zero attached hydrogens (tertiary/aromatic N) is 4. The Labute approximate surface area is 158 Å². The van der Waals surface area contributed by atoms with E-state index in [1.807, 2.05) is 6.92 Å². The van der Waals surface area contributed by atoms with E-state index in [2.05, 4.69) is 20.3 Å². The van der Waals surface area contributed by atoms with Gasteiger partial charge in [0, 0.05) is 12.0 Å². The van der Waals surface area contributed by atoms with Gasteiger partial charge in [0.2, 0.25) is 11.7 Å². The van der Waals surface area contributed by atoms with Gasteiger partial charge in [0.25, 0.3) is 0 Å². The van der Waals surface area contributed by atoms with Crippen LogP contribution in [0.2, 0.25) is 0 Å². The molecule has 28 heavy (non-hydrogen) atoms. The van der Waals surface area contributed by atoms with Crippen molar-refractivity contribution in [3.8, 4) is 11.6 Å². The average molecular weight is 393 g/mol. The third-order valence-electron chi connectivity index (χ3n) is 4.29. The van der Waals surface area contributed by atoms with E-state index in [1.165, 1.54) is 31.5 Å². The lowest BCUT2D eigenvalue weighted by molar-refractivity contribution is -0.145. The molecule has 0 radical (unpaired) electrons. The van der Waals surface area contributed by atoms with Gasteiger partial charge >= 0.3 is 6.18 Å². The number of imidazole rings is 1. The van der Waals surface area contributed by atoms with Crippen LogP contribution in [0, 0.1) is 5.92 Å². The molecule has 0 saturated heterocycles. The number of hydrogen-bond donors (Lipinski definition) is 1. The number of alkyl halides is 3. The molecule has 0 bridgehead atoms. The van der Waals surface area contributed by atoms with E-state index >= 15 is 0 Å². The molecule has 2 aromatic heterocycles. The second-order valence-corrected chi connectivity index (χ2v) is 6.18. The van der Waals surface area contributed by atoms with Gasteiger partial charge in [-0.3, -0.25) is 9.36 Å². The molecule has 1 unspecified atom stereocenters. The molecule has 0 aliphatic rings. The van der Waals surface area contributed by atoms with Gasteiger partial charge in [0.1, 0.15) is 5.75 Å². The molecular weight excluding hydrogens is 375 g/mol. The van der Waals surface area contributed by atoms with Crippen molar-refractivity contribution >= 4 is 22.8 Å². The van der Waals surface area contributed by atoms with E-state index in [1.54, 1.807) is 6.92 Å². The van der Waals surface area contributed by atoms with Crippen molar-refractivity contribution < 1.29 is 22.7 Å². The molecule has 3 rings (SSSR count). The number of amides is 1. The Morgan fingerprint density at radius 2 is 2.04 bits per heavy atom. The number of halogens is 3. The fourth-order valence-electron chi connectivity index (χ4n) is 2.55. The third-order valence-corrected chi connectivity index (χ3v) is 4.29. The zero-order valence-electron chi connectivity index (χ0n) is 15.4. The number of carbonyl (C=O) groups is 1. The topological polar surface area (TPSA) is 81.9 Å². The second-order valence-electron chi connectivity index (χ2n) is 6.18. The van der Waals surface area contributed by atoms with Gasteiger partial charge < -0.3 is 10.1 Å². The van der Waals surface area contributed by atoms with Crippen LogP contribution in [0.25, 0.3) is 16.9 Å². The number of nitrogens with one attached hydrogen (secondary N) is 1. The number of methoxy groups -OCH3 is 1. The van der Waals surface area contributed by atoms with E-state index < -0.39 is 12.0 Å².